The minimum atomic E-state index is -0.309. The van der Waals surface area contributed by atoms with E-state index in [0.717, 1.165) is 23.1 Å². The van der Waals surface area contributed by atoms with Gasteiger partial charge in [-0.3, -0.25) is 9.78 Å². The molecule has 1 N–H and O–H groups in total. The number of hydrogen-bond donors (Lipinski definition) is 1. The summed E-state index contributed by atoms with van der Waals surface area (Å²) in [6.07, 6.45) is 5.46. The summed E-state index contributed by atoms with van der Waals surface area (Å²) in [5.41, 5.74) is 2.45. The van der Waals surface area contributed by atoms with Crippen LogP contribution in [0.25, 0.3) is 11.3 Å². The number of carbonyl (C=O) groups excluding carboxylic acids is 1. The second-order valence-corrected chi connectivity index (χ2v) is 5.37. The number of aliphatic hydroxyl groups excluding tert-OH is 1. The Hall–Kier alpha value is -3.34. The monoisotopic (exact) mass is 351 g/mol. The van der Waals surface area contributed by atoms with E-state index in [0.29, 0.717) is 5.75 Å². The SMILES string of the molecule is C=C/C=C(/OCc1cccnc1-c1ccccc1OC)C(=CO)C(C)=O. The largest absolute Gasteiger partial charge is 0.515 e. The van der Waals surface area contributed by atoms with Crippen molar-refractivity contribution >= 4 is 5.78 Å². The van der Waals surface area contributed by atoms with Gasteiger partial charge in [0.05, 0.1) is 24.6 Å². The average molecular weight is 351 g/mol. The van der Waals surface area contributed by atoms with E-state index in [2.05, 4.69) is 11.6 Å². The highest BCUT2D eigenvalue weighted by Crippen LogP contribution is 2.31. The van der Waals surface area contributed by atoms with Crippen LogP contribution in [0.4, 0.5) is 0 Å². The van der Waals surface area contributed by atoms with Crippen LogP contribution in [0.5, 0.6) is 5.75 Å². The number of benzene rings is 1. The fourth-order valence-corrected chi connectivity index (χ4v) is 2.44. The minimum Gasteiger partial charge on any atom is -0.515 e. The number of Topliss-reactive ketones (excluding diaryl/α,β-unsaturated/α-hetero) is 1. The summed E-state index contributed by atoms with van der Waals surface area (Å²) in [5, 5.41) is 9.32. The van der Waals surface area contributed by atoms with Crippen molar-refractivity contribution in [2.45, 2.75) is 13.5 Å². The highest BCUT2D eigenvalue weighted by molar-refractivity contribution is 5.96. The van der Waals surface area contributed by atoms with Gasteiger partial charge in [-0.2, -0.15) is 0 Å². The molecular weight excluding hydrogens is 330 g/mol. The molecule has 5 heteroatoms. The Bertz CT molecular complexity index is 853. The van der Waals surface area contributed by atoms with Crippen LogP contribution in [0.15, 0.2) is 78.9 Å². The smallest absolute Gasteiger partial charge is 0.166 e. The van der Waals surface area contributed by atoms with Crippen LogP contribution in [0.3, 0.4) is 0 Å². The van der Waals surface area contributed by atoms with E-state index in [1.54, 1.807) is 13.3 Å². The maximum Gasteiger partial charge on any atom is 0.166 e. The molecule has 0 spiro atoms. The fraction of sp³-hybridized carbons (Fsp3) is 0.143. The van der Waals surface area contributed by atoms with Crippen LogP contribution in [0.2, 0.25) is 0 Å². The molecule has 1 heterocycles. The summed E-state index contributed by atoms with van der Waals surface area (Å²) in [7, 11) is 1.61. The fourth-order valence-electron chi connectivity index (χ4n) is 2.44. The van der Waals surface area contributed by atoms with Gasteiger partial charge in [-0.15, -0.1) is 0 Å². The minimum absolute atomic E-state index is 0.0765. The first kappa shape index (κ1) is 19.0. The summed E-state index contributed by atoms with van der Waals surface area (Å²) in [6, 6.07) is 11.3. The summed E-state index contributed by atoms with van der Waals surface area (Å²) >= 11 is 0. The van der Waals surface area contributed by atoms with Gasteiger partial charge in [0.1, 0.15) is 18.1 Å². The number of hydrogen-bond acceptors (Lipinski definition) is 5. The number of rotatable bonds is 8. The average Bonchev–Trinajstić information content (AvgIpc) is 2.66. The lowest BCUT2D eigenvalue weighted by Crippen LogP contribution is -2.05. The topological polar surface area (TPSA) is 68.7 Å². The van der Waals surface area contributed by atoms with Gasteiger partial charge in [0, 0.05) is 17.3 Å². The zero-order valence-corrected chi connectivity index (χ0v) is 14.8. The molecule has 0 unspecified atom stereocenters. The number of ketones is 1. The van der Waals surface area contributed by atoms with Crippen LogP contribution >= 0.6 is 0 Å². The Kier molecular flexibility index (Phi) is 6.74. The van der Waals surface area contributed by atoms with E-state index in [9.17, 15) is 9.90 Å². The third-order valence-electron chi connectivity index (χ3n) is 3.68. The lowest BCUT2D eigenvalue weighted by Gasteiger charge is -2.15. The van der Waals surface area contributed by atoms with Crippen molar-refractivity contribution in [2.24, 2.45) is 0 Å². The number of aromatic nitrogens is 1. The molecule has 1 aromatic heterocycles. The van der Waals surface area contributed by atoms with Crippen molar-refractivity contribution < 1.29 is 19.4 Å². The van der Waals surface area contributed by atoms with E-state index < -0.39 is 0 Å². The number of allylic oxidation sites excluding steroid dienone is 3. The van der Waals surface area contributed by atoms with Crippen molar-refractivity contribution in [1.29, 1.82) is 0 Å². The number of para-hydroxylation sites is 1. The van der Waals surface area contributed by atoms with Crippen molar-refractivity contribution in [1.82, 2.24) is 4.98 Å². The van der Waals surface area contributed by atoms with E-state index in [-0.39, 0.29) is 23.7 Å². The standard InChI is InChI=1S/C21H21NO4/c1-4-8-20(18(13-23)15(2)24)26-14-16-9-7-12-22-21(16)17-10-5-6-11-19(17)25-3/h4-13,23H,1,14H2,2-3H3/b18-13?,20-8+. The molecule has 0 amide bonds. The first-order valence-corrected chi connectivity index (χ1v) is 8.00. The molecule has 2 rings (SSSR count). The summed E-state index contributed by atoms with van der Waals surface area (Å²) in [4.78, 5) is 16.1. The molecule has 0 atom stereocenters. The van der Waals surface area contributed by atoms with Gasteiger partial charge < -0.3 is 14.6 Å². The van der Waals surface area contributed by atoms with Crippen LogP contribution in [-0.4, -0.2) is 23.0 Å². The highest BCUT2D eigenvalue weighted by atomic mass is 16.5. The van der Waals surface area contributed by atoms with Gasteiger partial charge in [0.2, 0.25) is 0 Å². The van der Waals surface area contributed by atoms with E-state index in [1.807, 2.05) is 36.4 Å². The molecule has 0 saturated heterocycles. The van der Waals surface area contributed by atoms with Crippen LogP contribution in [0, 0.1) is 0 Å². The number of ether oxygens (including phenoxy) is 2. The summed E-state index contributed by atoms with van der Waals surface area (Å²) < 4.78 is 11.2. The van der Waals surface area contributed by atoms with Crippen LogP contribution < -0.4 is 4.74 Å². The molecule has 26 heavy (non-hydrogen) atoms. The molecule has 0 aliphatic carbocycles. The molecule has 5 nitrogen and oxygen atoms in total. The number of pyridine rings is 1. The van der Waals surface area contributed by atoms with E-state index >= 15 is 0 Å². The molecule has 0 fully saturated rings. The number of aliphatic hydroxyl groups is 1. The second kappa shape index (κ2) is 9.22. The van der Waals surface area contributed by atoms with Gasteiger partial charge in [-0.05, 0) is 31.2 Å². The number of methoxy groups -OCH3 is 1. The third-order valence-corrected chi connectivity index (χ3v) is 3.68. The summed E-state index contributed by atoms with van der Waals surface area (Å²) in [6.45, 7) is 5.13. The lowest BCUT2D eigenvalue weighted by atomic mass is 10.1. The Morgan fingerprint density at radius 1 is 1.27 bits per heavy atom. The number of nitrogens with zero attached hydrogens (tertiary/aromatic N) is 1. The Labute approximate surface area is 152 Å². The van der Waals surface area contributed by atoms with Gasteiger partial charge >= 0.3 is 0 Å². The Balaban J connectivity index is 2.35. The van der Waals surface area contributed by atoms with Gasteiger partial charge in [-0.1, -0.05) is 30.9 Å². The molecule has 0 saturated carbocycles. The maximum atomic E-state index is 11.7. The van der Waals surface area contributed by atoms with Gasteiger partial charge in [0.25, 0.3) is 0 Å². The molecular formula is C21H21NO4. The van der Waals surface area contributed by atoms with Crippen molar-refractivity contribution in [3.05, 3.63) is 84.5 Å². The predicted octanol–water partition coefficient (Wildman–Crippen LogP) is 4.37. The molecule has 2 aromatic rings. The third kappa shape index (κ3) is 4.39. The Morgan fingerprint density at radius 2 is 2.04 bits per heavy atom. The van der Waals surface area contributed by atoms with Crippen molar-refractivity contribution in [2.75, 3.05) is 7.11 Å². The van der Waals surface area contributed by atoms with Crippen LogP contribution in [-0.2, 0) is 16.1 Å². The van der Waals surface area contributed by atoms with Crippen molar-refractivity contribution in [3.63, 3.8) is 0 Å². The van der Waals surface area contributed by atoms with Crippen LogP contribution in [0.1, 0.15) is 12.5 Å². The molecule has 0 aliphatic heterocycles. The predicted molar refractivity (Wildman–Crippen MR) is 101 cm³/mol. The van der Waals surface area contributed by atoms with E-state index in [1.165, 1.54) is 19.1 Å². The molecule has 134 valence electrons. The highest BCUT2D eigenvalue weighted by Gasteiger charge is 2.15. The molecule has 0 aliphatic rings. The quantitative estimate of drug-likeness (QED) is 0.434. The first-order valence-electron chi connectivity index (χ1n) is 8.00. The van der Waals surface area contributed by atoms with Crippen molar-refractivity contribution in [3.8, 4) is 17.0 Å². The van der Waals surface area contributed by atoms with Gasteiger partial charge in [-0.25, -0.2) is 0 Å². The molecule has 1 aromatic carbocycles. The van der Waals surface area contributed by atoms with Gasteiger partial charge in [0.15, 0.2) is 5.78 Å². The summed E-state index contributed by atoms with van der Waals surface area (Å²) in [5.74, 6) is 0.635. The first-order chi connectivity index (χ1) is 12.6. The molecule has 0 radical (unpaired) electrons. The maximum absolute atomic E-state index is 11.7. The zero-order chi connectivity index (χ0) is 18.9. The lowest BCUT2D eigenvalue weighted by molar-refractivity contribution is -0.113. The molecule has 0 bridgehead atoms. The Morgan fingerprint density at radius 3 is 2.69 bits per heavy atom. The second-order valence-electron chi connectivity index (χ2n) is 5.37. The van der Waals surface area contributed by atoms with E-state index in [4.69, 9.17) is 9.47 Å². The zero-order valence-electron chi connectivity index (χ0n) is 14.8. The normalized spacial score (nSPS) is 11.8. The number of carbonyl (C=O) groups is 1.